The summed E-state index contributed by atoms with van der Waals surface area (Å²) in [5.41, 5.74) is 2.59. The van der Waals surface area contributed by atoms with Crippen LogP contribution >= 0.6 is 0 Å². The molecular formula is C22H23N3O4. The highest BCUT2D eigenvalue weighted by Gasteiger charge is 2.19. The molecule has 3 rings (SSSR count). The molecule has 1 aromatic heterocycles. The Morgan fingerprint density at radius 2 is 1.79 bits per heavy atom. The predicted molar refractivity (Wildman–Crippen MR) is 109 cm³/mol. The average molecular weight is 393 g/mol. The van der Waals surface area contributed by atoms with E-state index in [2.05, 4.69) is 10.4 Å². The predicted octanol–water partition coefficient (Wildman–Crippen LogP) is 3.23. The smallest absolute Gasteiger partial charge is 0.307 e. The maximum atomic E-state index is 12.8. The minimum atomic E-state index is -0.344. The maximum absolute atomic E-state index is 12.8. The van der Waals surface area contributed by atoms with E-state index in [9.17, 15) is 9.59 Å². The van der Waals surface area contributed by atoms with Crippen LogP contribution in [0.15, 0.2) is 60.8 Å². The molecule has 1 N–H and O–H groups in total. The van der Waals surface area contributed by atoms with Gasteiger partial charge in [-0.2, -0.15) is 5.10 Å². The van der Waals surface area contributed by atoms with Crippen LogP contribution in [0.2, 0.25) is 0 Å². The van der Waals surface area contributed by atoms with Crippen LogP contribution in [-0.2, 0) is 9.53 Å². The van der Waals surface area contributed by atoms with Crippen molar-refractivity contribution in [2.24, 2.45) is 0 Å². The van der Waals surface area contributed by atoms with Gasteiger partial charge in [0.05, 0.1) is 31.4 Å². The number of para-hydroxylation sites is 1. The van der Waals surface area contributed by atoms with Gasteiger partial charge in [0.2, 0.25) is 0 Å². The second-order valence-electron chi connectivity index (χ2n) is 6.21. The number of benzene rings is 2. The molecule has 0 fully saturated rings. The Morgan fingerprint density at radius 3 is 2.45 bits per heavy atom. The first-order valence-corrected chi connectivity index (χ1v) is 9.35. The van der Waals surface area contributed by atoms with Crippen molar-refractivity contribution in [3.63, 3.8) is 0 Å². The van der Waals surface area contributed by atoms with E-state index in [-0.39, 0.29) is 24.8 Å². The Labute approximate surface area is 169 Å². The van der Waals surface area contributed by atoms with E-state index in [1.54, 1.807) is 24.9 Å². The van der Waals surface area contributed by atoms with Crippen LogP contribution in [0.3, 0.4) is 0 Å². The molecule has 0 aliphatic carbocycles. The quantitative estimate of drug-likeness (QED) is 0.594. The molecular weight excluding hydrogens is 370 g/mol. The summed E-state index contributed by atoms with van der Waals surface area (Å²) < 4.78 is 11.8. The van der Waals surface area contributed by atoms with Crippen LogP contribution in [0.5, 0.6) is 5.75 Å². The Morgan fingerprint density at radius 1 is 1.07 bits per heavy atom. The van der Waals surface area contributed by atoms with Crippen molar-refractivity contribution in [2.75, 3.05) is 20.3 Å². The fourth-order valence-electron chi connectivity index (χ4n) is 2.82. The molecule has 7 heteroatoms. The standard InChI is InChI=1S/C22H23N3O4/c1-3-29-20(26)13-14-23-22(27)19-15-25(17-7-5-4-6-8-17)24-21(19)16-9-11-18(28-2)12-10-16/h4-12,15H,3,13-14H2,1-2H3,(H,23,27). The van der Waals surface area contributed by atoms with Gasteiger partial charge in [-0.15, -0.1) is 0 Å². The molecule has 150 valence electrons. The molecule has 0 atom stereocenters. The number of rotatable bonds is 8. The van der Waals surface area contributed by atoms with Gasteiger partial charge >= 0.3 is 5.97 Å². The Kier molecular flexibility index (Phi) is 6.63. The molecule has 1 amide bonds. The molecule has 0 spiro atoms. The molecule has 0 aliphatic heterocycles. The van der Waals surface area contributed by atoms with Crippen molar-refractivity contribution in [3.05, 3.63) is 66.4 Å². The van der Waals surface area contributed by atoms with Gasteiger partial charge in [0.15, 0.2) is 0 Å². The number of methoxy groups -OCH3 is 1. The molecule has 0 radical (unpaired) electrons. The van der Waals surface area contributed by atoms with E-state index >= 15 is 0 Å². The second kappa shape index (κ2) is 9.54. The molecule has 0 unspecified atom stereocenters. The molecule has 0 saturated heterocycles. The molecule has 7 nitrogen and oxygen atoms in total. The van der Waals surface area contributed by atoms with E-state index in [0.29, 0.717) is 17.9 Å². The number of aromatic nitrogens is 2. The van der Waals surface area contributed by atoms with Crippen LogP contribution in [-0.4, -0.2) is 41.9 Å². The third kappa shape index (κ3) is 5.01. The highest BCUT2D eigenvalue weighted by atomic mass is 16.5. The second-order valence-corrected chi connectivity index (χ2v) is 6.21. The third-order valence-electron chi connectivity index (χ3n) is 4.26. The lowest BCUT2D eigenvalue weighted by Gasteiger charge is -2.06. The summed E-state index contributed by atoms with van der Waals surface area (Å²) in [6, 6.07) is 16.9. The number of amides is 1. The highest BCUT2D eigenvalue weighted by Crippen LogP contribution is 2.25. The van der Waals surface area contributed by atoms with E-state index < -0.39 is 0 Å². The van der Waals surface area contributed by atoms with Crippen LogP contribution in [0, 0.1) is 0 Å². The lowest BCUT2D eigenvalue weighted by molar-refractivity contribution is -0.142. The summed E-state index contributed by atoms with van der Waals surface area (Å²) in [7, 11) is 1.60. The van der Waals surface area contributed by atoms with Gasteiger partial charge in [-0.3, -0.25) is 9.59 Å². The van der Waals surface area contributed by atoms with Gasteiger partial charge in [0, 0.05) is 18.3 Å². The number of hydrogen-bond donors (Lipinski definition) is 1. The third-order valence-corrected chi connectivity index (χ3v) is 4.26. The molecule has 29 heavy (non-hydrogen) atoms. The van der Waals surface area contributed by atoms with Crippen molar-refractivity contribution >= 4 is 11.9 Å². The first-order chi connectivity index (χ1) is 14.1. The van der Waals surface area contributed by atoms with Crippen LogP contribution in [0.25, 0.3) is 16.9 Å². The summed E-state index contributed by atoms with van der Waals surface area (Å²) in [6.07, 6.45) is 1.80. The number of nitrogens with one attached hydrogen (secondary N) is 1. The molecule has 0 saturated carbocycles. The zero-order valence-corrected chi connectivity index (χ0v) is 16.4. The molecule has 0 aliphatic rings. The fourth-order valence-corrected chi connectivity index (χ4v) is 2.82. The van der Waals surface area contributed by atoms with E-state index in [4.69, 9.17) is 9.47 Å². The summed E-state index contributed by atoms with van der Waals surface area (Å²) in [4.78, 5) is 24.3. The van der Waals surface area contributed by atoms with Crippen LogP contribution in [0.1, 0.15) is 23.7 Å². The van der Waals surface area contributed by atoms with Gasteiger partial charge in [0.1, 0.15) is 11.4 Å². The lowest BCUT2D eigenvalue weighted by Crippen LogP contribution is -2.26. The summed E-state index contributed by atoms with van der Waals surface area (Å²) in [5, 5.41) is 7.39. The molecule has 3 aromatic rings. The van der Waals surface area contributed by atoms with E-state index in [1.165, 1.54) is 0 Å². The topological polar surface area (TPSA) is 82.5 Å². The average Bonchev–Trinajstić information content (AvgIpc) is 3.20. The zero-order valence-electron chi connectivity index (χ0n) is 16.4. The summed E-state index contributed by atoms with van der Waals surface area (Å²) in [5.74, 6) is 0.0714. The van der Waals surface area contributed by atoms with E-state index in [1.807, 2.05) is 54.6 Å². The number of esters is 1. The van der Waals surface area contributed by atoms with Crippen molar-refractivity contribution < 1.29 is 19.1 Å². The number of ether oxygens (including phenoxy) is 2. The maximum Gasteiger partial charge on any atom is 0.307 e. The number of nitrogens with zero attached hydrogens (tertiary/aromatic N) is 2. The fraction of sp³-hybridized carbons (Fsp3) is 0.227. The summed E-state index contributed by atoms with van der Waals surface area (Å²) >= 11 is 0. The van der Waals surface area contributed by atoms with Gasteiger partial charge in [-0.05, 0) is 43.3 Å². The Hall–Kier alpha value is -3.61. The van der Waals surface area contributed by atoms with Crippen molar-refractivity contribution in [2.45, 2.75) is 13.3 Å². The number of hydrogen-bond acceptors (Lipinski definition) is 5. The SMILES string of the molecule is CCOC(=O)CCNC(=O)c1cn(-c2ccccc2)nc1-c1ccc(OC)cc1. The molecule has 0 bridgehead atoms. The van der Waals surface area contributed by atoms with Gasteiger partial charge in [-0.25, -0.2) is 4.68 Å². The highest BCUT2D eigenvalue weighted by molar-refractivity contribution is 6.00. The minimum absolute atomic E-state index is 0.115. The Bertz CT molecular complexity index is 965. The van der Waals surface area contributed by atoms with Crippen molar-refractivity contribution in [1.82, 2.24) is 15.1 Å². The lowest BCUT2D eigenvalue weighted by atomic mass is 10.1. The first-order valence-electron chi connectivity index (χ1n) is 9.35. The molecule has 1 heterocycles. The van der Waals surface area contributed by atoms with Crippen molar-refractivity contribution in [1.29, 1.82) is 0 Å². The Balaban J connectivity index is 1.88. The van der Waals surface area contributed by atoms with E-state index in [0.717, 1.165) is 17.0 Å². The van der Waals surface area contributed by atoms with Crippen LogP contribution < -0.4 is 10.1 Å². The van der Waals surface area contributed by atoms with Crippen LogP contribution in [0.4, 0.5) is 0 Å². The van der Waals surface area contributed by atoms with Gasteiger partial charge < -0.3 is 14.8 Å². The minimum Gasteiger partial charge on any atom is -0.497 e. The first kappa shape index (κ1) is 20.1. The molecule has 2 aromatic carbocycles. The van der Waals surface area contributed by atoms with Crippen molar-refractivity contribution in [3.8, 4) is 22.7 Å². The summed E-state index contributed by atoms with van der Waals surface area (Å²) in [6.45, 7) is 2.25. The normalized spacial score (nSPS) is 10.4. The monoisotopic (exact) mass is 393 g/mol. The number of carbonyl (C=O) groups is 2. The van der Waals surface area contributed by atoms with Gasteiger partial charge in [0.25, 0.3) is 5.91 Å². The largest absolute Gasteiger partial charge is 0.497 e. The number of carbonyl (C=O) groups excluding carboxylic acids is 2. The van der Waals surface area contributed by atoms with Gasteiger partial charge in [-0.1, -0.05) is 18.2 Å². The zero-order chi connectivity index (χ0) is 20.6.